The minimum Gasteiger partial charge on any atom is -0.508 e. The second-order valence-electron chi connectivity index (χ2n) is 9.50. The third kappa shape index (κ3) is 4.90. The monoisotopic (exact) mass is 451 g/mol. The average molecular weight is 452 g/mol. The van der Waals surface area contributed by atoms with Crippen LogP contribution in [0.4, 0.5) is 0 Å². The van der Waals surface area contributed by atoms with Gasteiger partial charge in [-0.05, 0) is 49.1 Å². The fourth-order valence-corrected chi connectivity index (χ4v) is 4.24. The summed E-state index contributed by atoms with van der Waals surface area (Å²) < 4.78 is 7.30. The van der Waals surface area contributed by atoms with Crippen molar-refractivity contribution in [2.75, 3.05) is 26.3 Å². The lowest BCUT2D eigenvalue weighted by Gasteiger charge is -2.26. The zero-order chi connectivity index (χ0) is 23.8. The van der Waals surface area contributed by atoms with Gasteiger partial charge >= 0.3 is 0 Å². The van der Waals surface area contributed by atoms with Gasteiger partial charge in [0.2, 0.25) is 0 Å². The number of hydrogen-bond donors (Lipinski definition) is 3. The first kappa shape index (κ1) is 23.3. The van der Waals surface area contributed by atoms with Crippen molar-refractivity contribution in [3.63, 3.8) is 0 Å². The van der Waals surface area contributed by atoms with Crippen LogP contribution in [-0.2, 0) is 16.9 Å². The van der Waals surface area contributed by atoms with Gasteiger partial charge in [-0.15, -0.1) is 0 Å². The van der Waals surface area contributed by atoms with E-state index >= 15 is 0 Å². The number of ether oxygens (including phenoxy) is 1. The van der Waals surface area contributed by atoms with Crippen molar-refractivity contribution in [1.29, 1.82) is 0 Å². The number of benzene rings is 2. The third-order valence-corrected chi connectivity index (χ3v) is 6.10. The summed E-state index contributed by atoms with van der Waals surface area (Å²) in [5, 5.41) is 31.8. The summed E-state index contributed by atoms with van der Waals surface area (Å²) in [5.74, 6) is 0.572. The van der Waals surface area contributed by atoms with Crippen LogP contribution < -0.4 is 0 Å². The number of morpholine rings is 1. The number of phenolic OH excluding ortho intramolecular Hbond substituents is 2. The van der Waals surface area contributed by atoms with Crippen LogP contribution in [0, 0.1) is 0 Å². The minimum absolute atomic E-state index is 0.0551. The van der Waals surface area contributed by atoms with Crippen LogP contribution in [0.25, 0.3) is 17.1 Å². The standard InChI is InChI=1S/C26H33N3O4/c1-17(2)20-13-21(23(31)14-22(20)30)25-27-15-24(26(3,4)32)29(25)19-7-5-18(6-8-19)16-28-9-11-33-12-10-28/h5-8,13-15,17,30-32H,9-12,16H2,1-4H3. The number of aliphatic hydroxyl groups is 1. The molecular weight excluding hydrogens is 418 g/mol. The normalized spacial score (nSPS) is 15.3. The highest BCUT2D eigenvalue weighted by molar-refractivity contribution is 5.70. The molecule has 0 amide bonds. The number of nitrogens with zero attached hydrogens (tertiary/aromatic N) is 3. The highest BCUT2D eigenvalue weighted by Crippen LogP contribution is 2.39. The number of imidazole rings is 1. The topological polar surface area (TPSA) is 91.0 Å². The van der Waals surface area contributed by atoms with Gasteiger partial charge in [0.1, 0.15) is 22.9 Å². The zero-order valence-electron chi connectivity index (χ0n) is 19.7. The number of rotatable bonds is 6. The summed E-state index contributed by atoms with van der Waals surface area (Å²) in [6, 6.07) is 11.3. The van der Waals surface area contributed by atoms with Crippen LogP contribution in [0.2, 0.25) is 0 Å². The van der Waals surface area contributed by atoms with Gasteiger partial charge in [0, 0.05) is 31.4 Å². The van der Waals surface area contributed by atoms with Crippen molar-refractivity contribution >= 4 is 0 Å². The van der Waals surface area contributed by atoms with Gasteiger partial charge < -0.3 is 20.1 Å². The van der Waals surface area contributed by atoms with Crippen LogP contribution in [0.3, 0.4) is 0 Å². The van der Waals surface area contributed by atoms with Crippen molar-refractivity contribution in [3.05, 3.63) is 59.4 Å². The number of aromatic hydroxyl groups is 2. The summed E-state index contributed by atoms with van der Waals surface area (Å²) >= 11 is 0. The van der Waals surface area contributed by atoms with Crippen LogP contribution in [-0.4, -0.2) is 56.1 Å². The molecule has 2 heterocycles. The molecule has 3 aromatic rings. The van der Waals surface area contributed by atoms with E-state index < -0.39 is 5.60 Å². The van der Waals surface area contributed by atoms with Crippen LogP contribution >= 0.6 is 0 Å². The fourth-order valence-electron chi connectivity index (χ4n) is 4.24. The Morgan fingerprint density at radius 2 is 1.70 bits per heavy atom. The molecule has 7 heteroatoms. The predicted molar refractivity (Wildman–Crippen MR) is 128 cm³/mol. The molecule has 2 aromatic carbocycles. The molecule has 0 radical (unpaired) electrons. The van der Waals surface area contributed by atoms with E-state index in [1.54, 1.807) is 26.1 Å². The lowest BCUT2D eigenvalue weighted by atomic mass is 9.98. The smallest absolute Gasteiger partial charge is 0.148 e. The molecule has 33 heavy (non-hydrogen) atoms. The van der Waals surface area contributed by atoms with E-state index in [0.29, 0.717) is 17.1 Å². The Bertz CT molecular complexity index is 1110. The molecule has 1 aliphatic heterocycles. The maximum Gasteiger partial charge on any atom is 0.148 e. The van der Waals surface area contributed by atoms with Gasteiger partial charge in [0.25, 0.3) is 0 Å². The van der Waals surface area contributed by atoms with Crippen molar-refractivity contribution in [2.45, 2.75) is 45.8 Å². The van der Waals surface area contributed by atoms with Crippen molar-refractivity contribution in [2.24, 2.45) is 0 Å². The van der Waals surface area contributed by atoms with Gasteiger partial charge in [-0.3, -0.25) is 9.47 Å². The molecule has 7 nitrogen and oxygen atoms in total. The summed E-state index contributed by atoms with van der Waals surface area (Å²) in [5.41, 5.74) is 2.72. The van der Waals surface area contributed by atoms with Crippen molar-refractivity contribution in [1.82, 2.24) is 14.5 Å². The molecule has 3 N–H and O–H groups in total. The van der Waals surface area contributed by atoms with E-state index in [0.717, 1.165) is 44.1 Å². The summed E-state index contributed by atoms with van der Waals surface area (Å²) in [6.07, 6.45) is 1.64. The highest BCUT2D eigenvalue weighted by atomic mass is 16.5. The lowest BCUT2D eigenvalue weighted by Crippen LogP contribution is -2.35. The number of hydrogen-bond acceptors (Lipinski definition) is 6. The van der Waals surface area contributed by atoms with Gasteiger partial charge in [-0.2, -0.15) is 0 Å². The Morgan fingerprint density at radius 1 is 1.03 bits per heavy atom. The molecule has 1 aromatic heterocycles. The maximum absolute atomic E-state index is 10.8. The second-order valence-corrected chi connectivity index (χ2v) is 9.50. The first-order chi connectivity index (χ1) is 15.6. The molecule has 0 bridgehead atoms. The molecule has 176 valence electrons. The highest BCUT2D eigenvalue weighted by Gasteiger charge is 2.27. The third-order valence-electron chi connectivity index (χ3n) is 6.10. The maximum atomic E-state index is 10.8. The molecule has 1 saturated heterocycles. The Balaban J connectivity index is 1.77. The van der Waals surface area contributed by atoms with E-state index in [4.69, 9.17) is 4.74 Å². The van der Waals surface area contributed by atoms with E-state index in [2.05, 4.69) is 22.0 Å². The number of aromatic nitrogens is 2. The largest absolute Gasteiger partial charge is 0.508 e. The van der Waals surface area contributed by atoms with Crippen LogP contribution in [0.5, 0.6) is 11.5 Å². The Kier molecular flexibility index (Phi) is 6.47. The fraction of sp³-hybridized carbons (Fsp3) is 0.423. The van der Waals surface area contributed by atoms with Crippen LogP contribution in [0.15, 0.2) is 42.6 Å². The average Bonchev–Trinajstić information content (AvgIpc) is 3.20. The van der Waals surface area contributed by atoms with E-state index in [-0.39, 0.29) is 17.4 Å². The van der Waals surface area contributed by atoms with E-state index in [1.807, 2.05) is 30.5 Å². The van der Waals surface area contributed by atoms with Gasteiger partial charge in [-0.1, -0.05) is 26.0 Å². The van der Waals surface area contributed by atoms with E-state index in [1.165, 1.54) is 11.6 Å². The molecule has 1 aliphatic rings. The van der Waals surface area contributed by atoms with Gasteiger partial charge in [0.15, 0.2) is 0 Å². The molecule has 0 aliphatic carbocycles. The quantitative estimate of drug-likeness (QED) is 0.522. The number of phenols is 2. The summed E-state index contributed by atoms with van der Waals surface area (Å²) in [6.45, 7) is 11.6. The SMILES string of the molecule is CC(C)c1cc(-c2ncc(C(C)(C)O)n2-c2ccc(CN3CCOCC3)cc2)c(O)cc1O. The molecule has 0 unspecified atom stereocenters. The van der Waals surface area contributed by atoms with Crippen molar-refractivity contribution < 1.29 is 20.1 Å². The van der Waals surface area contributed by atoms with Crippen molar-refractivity contribution in [3.8, 4) is 28.6 Å². The Labute approximate surface area is 194 Å². The Morgan fingerprint density at radius 3 is 2.30 bits per heavy atom. The predicted octanol–water partition coefficient (Wildman–Crippen LogP) is 4.13. The summed E-state index contributed by atoms with van der Waals surface area (Å²) in [4.78, 5) is 6.94. The molecule has 1 fully saturated rings. The minimum atomic E-state index is -1.15. The molecular formula is C26H33N3O4. The molecule has 0 spiro atoms. The lowest BCUT2D eigenvalue weighted by molar-refractivity contribution is 0.0342. The molecule has 0 saturated carbocycles. The first-order valence-electron chi connectivity index (χ1n) is 11.4. The zero-order valence-corrected chi connectivity index (χ0v) is 19.7. The van der Waals surface area contributed by atoms with Gasteiger partial charge in [0.05, 0.1) is 30.7 Å². The first-order valence-corrected chi connectivity index (χ1v) is 11.4. The Hall–Kier alpha value is -2.87. The van der Waals surface area contributed by atoms with Gasteiger partial charge in [-0.25, -0.2) is 4.98 Å². The second kappa shape index (κ2) is 9.17. The van der Waals surface area contributed by atoms with Crippen LogP contribution in [0.1, 0.15) is 50.4 Å². The summed E-state index contributed by atoms with van der Waals surface area (Å²) in [7, 11) is 0. The molecule has 0 atom stereocenters. The molecule has 4 rings (SSSR count). The van der Waals surface area contributed by atoms with E-state index in [9.17, 15) is 15.3 Å².